The second-order valence-electron chi connectivity index (χ2n) is 12.4. The molecule has 1 saturated carbocycles. The fourth-order valence-corrected chi connectivity index (χ4v) is 7.37. The Kier molecular flexibility index (Phi) is 8.13. The molecule has 0 aromatic heterocycles. The number of nitrogens with zero attached hydrogens (tertiary/aromatic N) is 1. The Hall–Kier alpha value is -3.76. The number of aromatic hydroxyl groups is 1. The van der Waals surface area contributed by atoms with Crippen LogP contribution in [0, 0.1) is 17.7 Å². The summed E-state index contributed by atoms with van der Waals surface area (Å²) in [5.41, 5.74) is 2.14. The fourth-order valence-electron chi connectivity index (χ4n) is 7.37. The summed E-state index contributed by atoms with van der Waals surface area (Å²) in [4.78, 5) is 40.8. The monoisotopic (exact) mass is 594 g/mol. The molecule has 0 saturated heterocycles. The second kappa shape index (κ2) is 11.4. The summed E-state index contributed by atoms with van der Waals surface area (Å²) < 4.78 is 16.1. The Balaban J connectivity index is 1.59. The number of hydrogen-bond donors (Lipinski definition) is 5. The highest BCUT2D eigenvalue weighted by atomic mass is 19.1. The van der Waals surface area contributed by atoms with Crippen LogP contribution in [0.25, 0.3) is 16.5 Å². The number of benzene rings is 2. The molecule has 0 radical (unpaired) electrons. The number of hydrogen-bond acceptors (Lipinski definition) is 8. The number of aliphatic hydroxyl groups excluding tert-OH is 2. The van der Waals surface area contributed by atoms with Gasteiger partial charge in [-0.3, -0.25) is 19.3 Å². The van der Waals surface area contributed by atoms with Crippen molar-refractivity contribution in [3.8, 4) is 5.75 Å². The molecule has 1 amide bonds. The maximum atomic E-state index is 16.1. The normalized spacial score (nSPS) is 25.3. The number of ketones is 2. The quantitative estimate of drug-likeness (QED) is 0.214. The molecule has 0 aliphatic heterocycles. The molecule has 5 rings (SSSR count). The summed E-state index contributed by atoms with van der Waals surface area (Å²) in [5.74, 6) is -8.17. The molecule has 0 heterocycles. The van der Waals surface area contributed by atoms with E-state index in [9.17, 15) is 34.8 Å². The highest BCUT2D eigenvalue weighted by Gasteiger charge is 2.64. The van der Waals surface area contributed by atoms with Crippen molar-refractivity contribution >= 4 is 34.0 Å². The Labute approximate surface area is 249 Å². The second-order valence-corrected chi connectivity index (χ2v) is 12.4. The lowest BCUT2D eigenvalue weighted by Gasteiger charge is -2.50. The van der Waals surface area contributed by atoms with Crippen LogP contribution in [-0.2, 0) is 27.2 Å². The molecule has 6 N–H and O–H groups in total. The van der Waals surface area contributed by atoms with E-state index in [1.807, 2.05) is 6.07 Å². The minimum atomic E-state index is -2.74. The minimum absolute atomic E-state index is 0.0271. The summed E-state index contributed by atoms with van der Waals surface area (Å²) in [7, 11) is 3.05. The van der Waals surface area contributed by atoms with Crippen LogP contribution in [0.4, 0.5) is 4.39 Å². The van der Waals surface area contributed by atoms with Gasteiger partial charge in [0.15, 0.2) is 11.4 Å². The molecule has 10 heteroatoms. The summed E-state index contributed by atoms with van der Waals surface area (Å²) >= 11 is 0. The van der Waals surface area contributed by atoms with Crippen LogP contribution in [-0.4, -0.2) is 68.5 Å². The average molecular weight is 595 g/mol. The zero-order chi connectivity index (χ0) is 31.4. The molecule has 3 aliphatic rings. The third kappa shape index (κ3) is 4.71. The molecule has 3 aliphatic carbocycles. The van der Waals surface area contributed by atoms with Crippen LogP contribution in [0.1, 0.15) is 68.6 Å². The molecule has 230 valence electrons. The van der Waals surface area contributed by atoms with Gasteiger partial charge in [-0.05, 0) is 57.3 Å². The SMILES string of the molecule is CCCCCCCCc1ccc2c(F)c3c(c(O)c2c1)C(O)=C1C(=O)[C@]2(O)C(O)=C(C(N)=O)C(=O)[C@@H](N(C)C)[C@@H]2C[C@@H]1C3. The van der Waals surface area contributed by atoms with Crippen molar-refractivity contribution in [2.24, 2.45) is 17.6 Å². The molecular weight excluding hydrogens is 555 g/mol. The third-order valence-corrected chi connectivity index (χ3v) is 9.51. The molecular formula is C33H39FN2O7. The first-order valence-electron chi connectivity index (χ1n) is 15.0. The van der Waals surface area contributed by atoms with Gasteiger partial charge in [-0.25, -0.2) is 4.39 Å². The zero-order valence-corrected chi connectivity index (χ0v) is 24.7. The number of phenolic OH excluding ortho intramolecular Hbond substituents is 1. The number of aliphatic hydroxyl groups is 3. The van der Waals surface area contributed by atoms with E-state index in [0.717, 1.165) is 37.7 Å². The molecule has 9 nitrogen and oxygen atoms in total. The van der Waals surface area contributed by atoms with Gasteiger partial charge in [0.2, 0.25) is 5.78 Å². The largest absolute Gasteiger partial charge is 0.508 e. The summed E-state index contributed by atoms with van der Waals surface area (Å²) in [6.07, 6.45) is 7.22. The van der Waals surface area contributed by atoms with Gasteiger partial charge in [0.1, 0.15) is 28.7 Å². The van der Waals surface area contributed by atoms with Crippen LogP contribution in [0.3, 0.4) is 0 Å². The van der Waals surface area contributed by atoms with Crippen LogP contribution < -0.4 is 5.73 Å². The number of unbranched alkanes of at least 4 members (excludes halogenated alkanes) is 5. The van der Waals surface area contributed by atoms with Crippen LogP contribution in [0.2, 0.25) is 0 Å². The molecule has 4 atom stereocenters. The fraction of sp³-hybridized carbons (Fsp3) is 0.485. The number of nitrogens with two attached hydrogens (primary N) is 1. The highest BCUT2D eigenvalue weighted by molar-refractivity contribution is 6.24. The van der Waals surface area contributed by atoms with E-state index < -0.39 is 63.9 Å². The Morgan fingerprint density at radius 1 is 1.07 bits per heavy atom. The number of likely N-dealkylation sites (N-methyl/N-ethyl adjacent to an activating group) is 1. The Morgan fingerprint density at radius 2 is 1.74 bits per heavy atom. The van der Waals surface area contributed by atoms with E-state index in [-0.39, 0.29) is 46.1 Å². The van der Waals surface area contributed by atoms with Gasteiger partial charge in [-0.2, -0.15) is 0 Å². The maximum absolute atomic E-state index is 16.1. The summed E-state index contributed by atoms with van der Waals surface area (Å²) in [5, 5.41) is 45.9. The van der Waals surface area contributed by atoms with E-state index in [0.29, 0.717) is 0 Å². The number of aryl methyl sites for hydroxylation is 1. The maximum Gasteiger partial charge on any atom is 0.255 e. The summed E-state index contributed by atoms with van der Waals surface area (Å²) in [6, 6.07) is 3.95. The van der Waals surface area contributed by atoms with E-state index in [2.05, 4.69) is 6.92 Å². The van der Waals surface area contributed by atoms with E-state index in [1.165, 1.54) is 31.8 Å². The number of rotatable bonds is 9. The minimum Gasteiger partial charge on any atom is -0.508 e. The van der Waals surface area contributed by atoms with Crippen LogP contribution in [0.15, 0.2) is 35.1 Å². The van der Waals surface area contributed by atoms with Crippen molar-refractivity contribution in [2.75, 3.05) is 14.1 Å². The predicted molar refractivity (Wildman–Crippen MR) is 159 cm³/mol. The third-order valence-electron chi connectivity index (χ3n) is 9.51. The van der Waals surface area contributed by atoms with Crippen molar-refractivity contribution in [3.63, 3.8) is 0 Å². The number of halogens is 1. The van der Waals surface area contributed by atoms with Gasteiger partial charge in [-0.1, -0.05) is 51.2 Å². The first-order chi connectivity index (χ1) is 20.4. The van der Waals surface area contributed by atoms with Crippen molar-refractivity contribution in [3.05, 3.63) is 57.6 Å². The molecule has 1 fully saturated rings. The number of carbonyl (C=O) groups is 3. The standard InChI is InChI=1S/C33H39FN2O7/c1-4-5-6-7-8-9-10-16-11-12-18-19(13-16)27(37)23-20(25(18)34)14-17-15-21-26(36(2)3)29(39)24(32(35)42)31(41)33(21,43)30(40)22(17)28(23)38/h11-13,17,21,26,37-38,41,43H,4-10,14-15H2,1-3H3,(H2,35,42)/t17-,21-,26-,33-/m0/s1. The van der Waals surface area contributed by atoms with Gasteiger partial charge in [0.05, 0.1) is 11.6 Å². The van der Waals surface area contributed by atoms with Gasteiger partial charge in [0.25, 0.3) is 5.91 Å². The number of phenols is 1. The lowest BCUT2D eigenvalue weighted by molar-refractivity contribution is -0.153. The molecule has 2 aromatic carbocycles. The van der Waals surface area contributed by atoms with Crippen molar-refractivity contribution in [2.45, 2.75) is 76.4 Å². The highest BCUT2D eigenvalue weighted by Crippen LogP contribution is 2.53. The lowest BCUT2D eigenvalue weighted by atomic mass is 9.57. The van der Waals surface area contributed by atoms with E-state index >= 15 is 4.39 Å². The molecule has 43 heavy (non-hydrogen) atoms. The molecule has 0 unspecified atom stereocenters. The number of amides is 1. The molecule has 0 spiro atoms. The summed E-state index contributed by atoms with van der Waals surface area (Å²) in [6.45, 7) is 2.16. The first kappa shape index (κ1) is 30.7. The average Bonchev–Trinajstić information content (AvgIpc) is 2.95. The molecule has 2 aromatic rings. The number of Topliss-reactive ketones (excluding diaryl/α,β-unsaturated/α-hetero) is 2. The van der Waals surface area contributed by atoms with Crippen molar-refractivity contribution < 1.29 is 39.2 Å². The van der Waals surface area contributed by atoms with Gasteiger partial charge >= 0.3 is 0 Å². The lowest BCUT2D eigenvalue weighted by Crippen LogP contribution is -2.65. The number of fused-ring (bicyclic) bond motifs is 4. The first-order valence-corrected chi connectivity index (χ1v) is 15.0. The van der Waals surface area contributed by atoms with Crippen LogP contribution in [0.5, 0.6) is 5.75 Å². The van der Waals surface area contributed by atoms with Gasteiger partial charge < -0.3 is 26.2 Å². The predicted octanol–water partition coefficient (Wildman–Crippen LogP) is 4.16. The van der Waals surface area contributed by atoms with Crippen molar-refractivity contribution in [1.29, 1.82) is 0 Å². The van der Waals surface area contributed by atoms with E-state index in [4.69, 9.17) is 5.73 Å². The topological polar surface area (TPSA) is 161 Å². The Morgan fingerprint density at radius 3 is 2.40 bits per heavy atom. The van der Waals surface area contributed by atoms with Gasteiger partial charge in [-0.15, -0.1) is 0 Å². The van der Waals surface area contributed by atoms with E-state index in [1.54, 1.807) is 12.1 Å². The Bertz CT molecular complexity index is 1590. The van der Waals surface area contributed by atoms with Crippen LogP contribution >= 0.6 is 0 Å². The number of carbonyl (C=O) groups excluding carboxylic acids is 3. The smallest absolute Gasteiger partial charge is 0.255 e. The van der Waals surface area contributed by atoms with Gasteiger partial charge in [0, 0.05) is 27.8 Å². The zero-order valence-electron chi connectivity index (χ0n) is 24.7. The number of primary amides is 1. The molecule has 0 bridgehead atoms. The van der Waals surface area contributed by atoms with Crippen molar-refractivity contribution in [1.82, 2.24) is 4.90 Å².